The number of likely N-dealkylation sites (tertiary alicyclic amines) is 1. The van der Waals surface area contributed by atoms with Gasteiger partial charge in [-0.15, -0.1) is 0 Å². The first kappa shape index (κ1) is 19.8. The van der Waals surface area contributed by atoms with E-state index in [9.17, 15) is 9.59 Å². The highest BCUT2D eigenvalue weighted by molar-refractivity contribution is 6.06. The summed E-state index contributed by atoms with van der Waals surface area (Å²) < 4.78 is 0. The molecule has 0 unspecified atom stereocenters. The molecule has 0 spiro atoms. The summed E-state index contributed by atoms with van der Waals surface area (Å²) in [5.41, 5.74) is 2.80. The molecule has 2 amide bonds. The number of para-hydroxylation sites is 1. The van der Waals surface area contributed by atoms with Gasteiger partial charge in [0, 0.05) is 37.4 Å². The van der Waals surface area contributed by atoms with Crippen LogP contribution in [0.3, 0.4) is 0 Å². The molecule has 0 radical (unpaired) electrons. The molecule has 0 bridgehead atoms. The summed E-state index contributed by atoms with van der Waals surface area (Å²) in [6.07, 6.45) is 4.81. The lowest BCUT2D eigenvalue weighted by Gasteiger charge is -2.32. The maximum Gasteiger partial charge on any atom is 0.272 e. The highest BCUT2D eigenvalue weighted by Crippen LogP contribution is 2.30. The van der Waals surface area contributed by atoms with Crippen LogP contribution in [0.1, 0.15) is 52.2 Å². The van der Waals surface area contributed by atoms with Gasteiger partial charge in [0.2, 0.25) is 0 Å². The number of nitrogens with one attached hydrogen (secondary N) is 1. The summed E-state index contributed by atoms with van der Waals surface area (Å²) in [7, 11) is 0. The first-order chi connectivity index (χ1) is 14.7. The SMILES string of the molecule is CCN(C(=O)c1cn[nH]c1C1CCN(C(=O)c2ccccn2)CC1)c1ccccc1. The molecule has 3 heterocycles. The molecule has 1 aliphatic rings. The molecule has 1 aromatic carbocycles. The molecule has 0 atom stereocenters. The zero-order valence-electron chi connectivity index (χ0n) is 17.0. The van der Waals surface area contributed by atoms with Crippen molar-refractivity contribution in [3.8, 4) is 0 Å². The van der Waals surface area contributed by atoms with Crippen molar-refractivity contribution in [2.75, 3.05) is 24.5 Å². The van der Waals surface area contributed by atoms with E-state index in [0.29, 0.717) is 30.9 Å². The Labute approximate surface area is 175 Å². The van der Waals surface area contributed by atoms with Crippen molar-refractivity contribution in [2.45, 2.75) is 25.7 Å². The van der Waals surface area contributed by atoms with E-state index in [1.54, 1.807) is 29.4 Å². The highest BCUT2D eigenvalue weighted by atomic mass is 16.2. The Morgan fingerprint density at radius 2 is 1.83 bits per heavy atom. The number of hydrogen-bond acceptors (Lipinski definition) is 4. The fourth-order valence-electron chi connectivity index (χ4n) is 4.00. The average molecular weight is 403 g/mol. The molecule has 1 aliphatic heterocycles. The molecule has 3 aromatic rings. The number of pyridine rings is 1. The standard InChI is InChI=1S/C23H25N5O2/c1-2-28(18-8-4-3-5-9-18)22(29)19-16-25-26-21(19)17-11-14-27(15-12-17)23(30)20-10-6-7-13-24-20/h3-10,13,16-17H,2,11-12,14-15H2,1H3,(H,25,26). The van der Waals surface area contributed by atoms with Crippen molar-refractivity contribution in [2.24, 2.45) is 0 Å². The van der Waals surface area contributed by atoms with E-state index in [0.717, 1.165) is 24.2 Å². The number of piperidine rings is 1. The molecule has 0 aliphatic carbocycles. The largest absolute Gasteiger partial charge is 0.337 e. The summed E-state index contributed by atoms with van der Waals surface area (Å²) in [6, 6.07) is 15.0. The number of hydrogen-bond donors (Lipinski definition) is 1. The number of H-pyrrole nitrogens is 1. The number of nitrogens with zero attached hydrogens (tertiary/aromatic N) is 4. The summed E-state index contributed by atoms with van der Waals surface area (Å²) in [4.78, 5) is 33.6. The molecular formula is C23H25N5O2. The molecule has 0 saturated carbocycles. The molecule has 1 saturated heterocycles. The second kappa shape index (κ2) is 8.90. The van der Waals surface area contributed by atoms with Gasteiger partial charge in [0.25, 0.3) is 11.8 Å². The minimum absolute atomic E-state index is 0.0452. The number of carbonyl (C=O) groups excluding carboxylic acids is 2. The van der Waals surface area contributed by atoms with Crippen LogP contribution in [0.15, 0.2) is 60.9 Å². The van der Waals surface area contributed by atoms with Crippen LogP contribution in [0.2, 0.25) is 0 Å². The Morgan fingerprint density at radius 1 is 1.10 bits per heavy atom. The van der Waals surface area contributed by atoms with Crippen LogP contribution in [0.5, 0.6) is 0 Å². The van der Waals surface area contributed by atoms with Crippen molar-refractivity contribution in [1.82, 2.24) is 20.1 Å². The molecule has 154 valence electrons. The predicted molar refractivity (Wildman–Crippen MR) is 114 cm³/mol. The minimum atomic E-state index is -0.0561. The van der Waals surface area contributed by atoms with Gasteiger partial charge in [-0.05, 0) is 44.0 Å². The Bertz CT molecular complexity index is 995. The Kier molecular flexibility index (Phi) is 5.88. The van der Waals surface area contributed by atoms with Crippen LogP contribution in [0.25, 0.3) is 0 Å². The van der Waals surface area contributed by atoms with Crippen LogP contribution in [0, 0.1) is 0 Å². The summed E-state index contributed by atoms with van der Waals surface area (Å²) >= 11 is 0. The zero-order chi connectivity index (χ0) is 20.9. The summed E-state index contributed by atoms with van der Waals surface area (Å²) in [6.45, 7) is 3.79. The number of anilines is 1. The second-order valence-electron chi connectivity index (χ2n) is 7.36. The van der Waals surface area contributed by atoms with Gasteiger partial charge in [0.05, 0.1) is 17.5 Å². The van der Waals surface area contributed by atoms with Gasteiger partial charge in [-0.3, -0.25) is 19.7 Å². The number of rotatable bonds is 5. The lowest BCUT2D eigenvalue weighted by atomic mass is 9.91. The van der Waals surface area contributed by atoms with Gasteiger partial charge in [-0.2, -0.15) is 5.10 Å². The van der Waals surface area contributed by atoms with Gasteiger partial charge in [-0.25, -0.2) is 0 Å². The lowest BCUT2D eigenvalue weighted by molar-refractivity contribution is 0.0705. The Hall–Kier alpha value is -3.48. The first-order valence-corrected chi connectivity index (χ1v) is 10.3. The highest BCUT2D eigenvalue weighted by Gasteiger charge is 2.30. The average Bonchev–Trinajstić information content (AvgIpc) is 3.30. The molecule has 1 N–H and O–H groups in total. The topological polar surface area (TPSA) is 82.2 Å². The Morgan fingerprint density at radius 3 is 2.50 bits per heavy atom. The van der Waals surface area contributed by atoms with Crippen molar-refractivity contribution in [3.05, 3.63) is 77.9 Å². The van der Waals surface area contributed by atoms with Crippen LogP contribution in [-0.2, 0) is 0 Å². The zero-order valence-corrected chi connectivity index (χ0v) is 17.0. The predicted octanol–water partition coefficient (Wildman–Crippen LogP) is 3.49. The maximum absolute atomic E-state index is 13.3. The molecule has 2 aromatic heterocycles. The van der Waals surface area contributed by atoms with E-state index in [4.69, 9.17) is 0 Å². The van der Waals surface area contributed by atoms with Gasteiger partial charge < -0.3 is 9.80 Å². The third-order valence-corrected chi connectivity index (χ3v) is 5.60. The monoisotopic (exact) mass is 403 g/mol. The van der Waals surface area contributed by atoms with Crippen molar-refractivity contribution in [1.29, 1.82) is 0 Å². The molecule has 1 fully saturated rings. The van der Waals surface area contributed by atoms with Gasteiger partial charge in [0.15, 0.2) is 0 Å². The van der Waals surface area contributed by atoms with Gasteiger partial charge in [0.1, 0.15) is 5.69 Å². The second-order valence-corrected chi connectivity index (χ2v) is 7.36. The molecule has 4 rings (SSSR count). The summed E-state index contributed by atoms with van der Waals surface area (Å²) in [5, 5.41) is 7.22. The fourth-order valence-corrected chi connectivity index (χ4v) is 4.00. The van der Waals surface area contributed by atoms with Crippen molar-refractivity contribution < 1.29 is 9.59 Å². The number of carbonyl (C=O) groups is 2. The van der Waals surface area contributed by atoms with Gasteiger partial charge in [-0.1, -0.05) is 24.3 Å². The molecule has 30 heavy (non-hydrogen) atoms. The molecule has 7 nitrogen and oxygen atoms in total. The van der Waals surface area contributed by atoms with Crippen LogP contribution >= 0.6 is 0 Å². The smallest absolute Gasteiger partial charge is 0.272 e. The third-order valence-electron chi connectivity index (χ3n) is 5.60. The number of benzene rings is 1. The number of aromatic amines is 1. The van der Waals surface area contributed by atoms with E-state index in [1.807, 2.05) is 48.2 Å². The summed E-state index contributed by atoms with van der Waals surface area (Å²) in [5.74, 6) is 0.0596. The van der Waals surface area contributed by atoms with Crippen LogP contribution < -0.4 is 4.90 Å². The van der Waals surface area contributed by atoms with E-state index in [-0.39, 0.29) is 17.7 Å². The van der Waals surface area contributed by atoms with Gasteiger partial charge >= 0.3 is 0 Å². The number of aromatic nitrogens is 3. The van der Waals surface area contributed by atoms with Crippen LogP contribution in [0.4, 0.5) is 5.69 Å². The van der Waals surface area contributed by atoms with E-state index in [2.05, 4.69) is 15.2 Å². The normalized spacial score (nSPS) is 14.5. The molecular weight excluding hydrogens is 378 g/mol. The lowest BCUT2D eigenvalue weighted by Crippen LogP contribution is -2.39. The molecule has 7 heteroatoms. The van der Waals surface area contributed by atoms with Crippen LogP contribution in [-0.4, -0.2) is 51.5 Å². The quantitative estimate of drug-likeness (QED) is 0.707. The van der Waals surface area contributed by atoms with Crippen molar-refractivity contribution in [3.63, 3.8) is 0 Å². The number of amides is 2. The maximum atomic E-state index is 13.3. The first-order valence-electron chi connectivity index (χ1n) is 10.3. The van der Waals surface area contributed by atoms with E-state index >= 15 is 0 Å². The third kappa shape index (κ3) is 3.96. The Balaban J connectivity index is 1.46. The minimum Gasteiger partial charge on any atom is -0.337 e. The van der Waals surface area contributed by atoms with E-state index < -0.39 is 0 Å². The van der Waals surface area contributed by atoms with Crippen molar-refractivity contribution >= 4 is 17.5 Å². The fraction of sp³-hybridized carbons (Fsp3) is 0.304. The van der Waals surface area contributed by atoms with E-state index in [1.165, 1.54) is 0 Å².